The van der Waals surface area contributed by atoms with Gasteiger partial charge in [-0.05, 0) is 25.7 Å². The van der Waals surface area contributed by atoms with Crippen molar-refractivity contribution in [1.29, 1.82) is 0 Å². The number of unbranched alkanes of at least 4 members (excludes halogenated alkanes) is 1. The number of rotatable bonds is 13. The summed E-state index contributed by atoms with van der Waals surface area (Å²) in [5.74, 6) is -2.59. The highest BCUT2D eigenvalue weighted by Crippen LogP contribution is 2.13. The maximum absolute atomic E-state index is 11.7. The van der Waals surface area contributed by atoms with E-state index >= 15 is 0 Å². The number of carboxylic acids is 1. The van der Waals surface area contributed by atoms with E-state index in [-0.39, 0.29) is 38.3 Å². The molecule has 0 heterocycles. The number of carbonyl (C=O) groups excluding carboxylic acids is 3. The van der Waals surface area contributed by atoms with Gasteiger partial charge in [0, 0.05) is 6.42 Å². The lowest BCUT2D eigenvalue weighted by atomic mass is 9.95. The van der Waals surface area contributed by atoms with Gasteiger partial charge in [-0.25, -0.2) is 0 Å². The quantitative estimate of drug-likeness (QED) is 0.297. The summed E-state index contributed by atoms with van der Waals surface area (Å²) in [6.45, 7) is 0.939. The molecule has 0 aliphatic heterocycles. The second kappa shape index (κ2) is 11.2. The second-order valence-electron chi connectivity index (χ2n) is 3.89. The molecule has 0 spiro atoms. The number of ketones is 1. The summed E-state index contributed by atoms with van der Waals surface area (Å²) in [6.07, 6.45) is 1.60. The van der Waals surface area contributed by atoms with E-state index in [4.69, 9.17) is 5.11 Å². The number of hydrogen-bond donors (Lipinski definition) is 1. The monoisotopic (exact) mass is 274 g/mol. The first-order chi connectivity index (χ1) is 9.13. The minimum Gasteiger partial charge on any atom is -0.481 e. The van der Waals surface area contributed by atoms with Crippen LogP contribution in [0.4, 0.5) is 0 Å². The Morgan fingerprint density at radius 2 is 1.58 bits per heavy atom. The first-order valence-corrected chi connectivity index (χ1v) is 5.99. The maximum Gasteiger partial charge on any atom is 0.314 e. The van der Waals surface area contributed by atoms with Gasteiger partial charge in [0.05, 0.1) is 13.2 Å². The van der Waals surface area contributed by atoms with Crippen LogP contribution in [0.3, 0.4) is 0 Å². The molecule has 0 saturated heterocycles. The molecule has 0 aliphatic rings. The fourth-order valence-corrected chi connectivity index (χ4v) is 1.55. The molecule has 0 saturated carbocycles. The molecule has 0 aromatic carbocycles. The van der Waals surface area contributed by atoms with Gasteiger partial charge in [-0.2, -0.15) is 0 Å². The molecule has 0 bridgehead atoms. The lowest BCUT2D eigenvalue weighted by Gasteiger charge is -2.10. The zero-order chi connectivity index (χ0) is 14.5. The van der Waals surface area contributed by atoms with Crippen molar-refractivity contribution in [2.45, 2.75) is 32.1 Å². The van der Waals surface area contributed by atoms with Gasteiger partial charge in [0.15, 0.2) is 0 Å². The average molecular weight is 274 g/mol. The molecule has 1 atom stereocenters. The van der Waals surface area contributed by atoms with Gasteiger partial charge < -0.3 is 14.6 Å². The molecule has 1 N–H and O–H groups in total. The molecule has 108 valence electrons. The van der Waals surface area contributed by atoms with E-state index in [1.165, 1.54) is 0 Å². The molecule has 0 aromatic heterocycles. The van der Waals surface area contributed by atoms with Crippen molar-refractivity contribution >= 4 is 24.7 Å². The van der Waals surface area contributed by atoms with Crippen LogP contribution in [0.2, 0.25) is 0 Å². The van der Waals surface area contributed by atoms with Crippen LogP contribution in [-0.2, 0) is 28.7 Å². The topological polar surface area (TPSA) is 107 Å². The molecule has 0 amide bonds. The van der Waals surface area contributed by atoms with Crippen LogP contribution in [0.1, 0.15) is 32.1 Å². The Balaban J connectivity index is 3.93. The summed E-state index contributed by atoms with van der Waals surface area (Å²) in [5.41, 5.74) is 0. The van der Waals surface area contributed by atoms with Crippen LogP contribution < -0.4 is 0 Å². The van der Waals surface area contributed by atoms with Gasteiger partial charge >= 0.3 is 5.97 Å². The Morgan fingerprint density at radius 3 is 2.11 bits per heavy atom. The molecule has 0 aliphatic carbocycles. The van der Waals surface area contributed by atoms with Gasteiger partial charge in [0.1, 0.15) is 11.7 Å². The summed E-state index contributed by atoms with van der Waals surface area (Å²) in [4.78, 5) is 42.4. The predicted octanol–water partition coefficient (Wildman–Crippen LogP) is 0.553. The minimum atomic E-state index is -1.17. The van der Waals surface area contributed by atoms with Crippen LogP contribution >= 0.6 is 0 Å². The molecule has 0 fully saturated rings. The van der Waals surface area contributed by atoms with Crippen molar-refractivity contribution in [1.82, 2.24) is 0 Å². The SMILES string of the molecule is O=COCCCCC(=O)C(CCCOC=O)C(=O)O. The van der Waals surface area contributed by atoms with Gasteiger partial charge in [-0.1, -0.05) is 0 Å². The molecule has 0 radical (unpaired) electrons. The summed E-state index contributed by atoms with van der Waals surface area (Å²) in [7, 11) is 0. The number of ether oxygens (including phenoxy) is 2. The van der Waals surface area contributed by atoms with Crippen LogP contribution in [0.15, 0.2) is 0 Å². The van der Waals surface area contributed by atoms with Crippen molar-refractivity contribution in [2.75, 3.05) is 13.2 Å². The van der Waals surface area contributed by atoms with Gasteiger partial charge in [-0.3, -0.25) is 19.2 Å². The van der Waals surface area contributed by atoms with Crippen LogP contribution in [0.5, 0.6) is 0 Å². The number of carboxylic acid groups (broad SMARTS) is 1. The first-order valence-electron chi connectivity index (χ1n) is 5.99. The third kappa shape index (κ3) is 8.76. The van der Waals surface area contributed by atoms with Gasteiger partial charge in [0.25, 0.3) is 12.9 Å². The highest BCUT2D eigenvalue weighted by molar-refractivity contribution is 5.98. The highest BCUT2D eigenvalue weighted by atomic mass is 16.5. The minimum absolute atomic E-state index is 0.105. The molecule has 0 aromatic rings. The van der Waals surface area contributed by atoms with E-state index in [0.29, 0.717) is 25.7 Å². The Kier molecular flexibility index (Phi) is 10.1. The van der Waals surface area contributed by atoms with E-state index < -0.39 is 11.9 Å². The highest BCUT2D eigenvalue weighted by Gasteiger charge is 2.24. The zero-order valence-corrected chi connectivity index (χ0v) is 10.6. The molecule has 7 heteroatoms. The number of carbonyl (C=O) groups is 4. The molecule has 7 nitrogen and oxygen atoms in total. The third-order valence-corrected chi connectivity index (χ3v) is 2.51. The second-order valence-corrected chi connectivity index (χ2v) is 3.89. The number of hydrogen-bond acceptors (Lipinski definition) is 6. The maximum atomic E-state index is 11.7. The fourth-order valence-electron chi connectivity index (χ4n) is 1.55. The summed E-state index contributed by atoms with van der Waals surface area (Å²) >= 11 is 0. The van der Waals surface area contributed by atoms with E-state index in [1.807, 2.05) is 0 Å². The molecule has 19 heavy (non-hydrogen) atoms. The normalized spacial score (nSPS) is 11.4. The van der Waals surface area contributed by atoms with Crippen molar-refractivity contribution in [3.63, 3.8) is 0 Å². The molecular formula is C12H18O7. The summed E-state index contributed by atoms with van der Waals surface area (Å²) < 4.78 is 8.89. The first kappa shape index (κ1) is 17.1. The lowest BCUT2D eigenvalue weighted by molar-refractivity contribution is -0.146. The predicted molar refractivity (Wildman–Crippen MR) is 63.2 cm³/mol. The Bertz CT molecular complexity index is 300. The van der Waals surface area contributed by atoms with E-state index in [9.17, 15) is 19.2 Å². The fraction of sp³-hybridized carbons (Fsp3) is 0.667. The molecular weight excluding hydrogens is 256 g/mol. The van der Waals surface area contributed by atoms with E-state index in [2.05, 4.69) is 9.47 Å². The lowest BCUT2D eigenvalue weighted by Crippen LogP contribution is -2.24. The summed E-state index contributed by atoms with van der Waals surface area (Å²) in [6, 6.07) is 0. The Morgan fingerprint density at radius 1 is 1.00 bits per heavy atom. The Labute approximate surface area is 110 Å². The zero-order valence-electron chi connectivity index (χ0n) is 10.6. The van der Waals surface area contributed by atoms with Crippen molar-refractivity contribution in [2.24, 2.45) is 5.92 Å². The summed E-state index contributed by atoms with van der Waals surface area (Å²) in [5, 5.41) is 8.94. The smallest absolute Gasteiger partial charge is 0.314 e. The van der Waals surface area contributed by atoms with Crippen LogP contribution in [0.25, 0.3) is 0 Å². The standard InChI is InChI=1S/C12H18O7/c13-8-18-6-2-1-5-11(15)10(12(16)17)4-3-7-19-9-14/h8-10H,1-7H2,(H,16,17). The van der Waals surface area contributed by atoms with E-state index in [0.717, 1.165) is 0 Å². The Hall–Kier alpha value is -1.92. The average Bonchev–Trinajstić information content (AvgIpc) is 2.37. The number of aliphatic carboxylic acids is 1. The molecule has 0 rings (SSSR count). The van der Waals surface area contributed by atoms with E-state index in [1.54, 1.807) is 0 Å². The van der Waals surface area contributed by atoms with Crippen LogP contribution in [-0.4, -0.2) is 43.0 Å². The van der Waals surface area contributed by atoms with Crippen LogP contribution in [0, 0.1) is 5.92 Å². The van der Waals surface area contributed by atoms with Gasteiger partial charge in [0.2, 0.25) is 0 Å². The number of Topliss-reactive ketones (excluding diaryl/α,β-unsaturated/α-hetero) is 1. The van der Waals surface area contributed by atoms with Crippen molar-refractivity contribution < 1.29 is 33.8 Å². The van der Waals surface area contributed by atoms with Crippen molar-refractivity contribution in [3.05, 3.63) is 0 Å². The van der Waals surface area contributed by atoms with Crippen molar-refractivity contribution in [3.8, 4) is 0 Å². The largest absolute Gasteiger partial charge is 0.481 e. The van der Waals surface area contributed by atoms with Gasteiger partial charge in [-0.15, -0.1) is 0 Å². The third-order valence-electron chi connectivity index (χ3n) is 2.51. The molecule has 1 unspecified atom stereocenters.